The van der Waals surface area contributed by atoms with Crippen molar-refractivity contribution in [2.24, 2.45) is 0 Å². The van der Waals surface area contributed by atoms with Gasteiger partial charge in [0.05, 0.1) is 0 Å². The van der Waals surface area contributed by atoms with E-state index in [-0.39, 0.29) is 0 Å². The van der Waals surface area contributed by atoms with E-state index in [0.717, 1.165) is 11.4 Å². The highest BCUT2D eigenvalue weighted by atomic mass is 35.5. The van der Waals surface area contributed by atoms with Gasteiger partial charge >= 0.3 is 0 Å². The molecule has 0 aliphatic carbocycles. The number of benzene rings is 1. The summed E-state index contributed by atoms with van der Waals surface area (Å²) < 4.78 is 0. The molecular formula is C10H9ClN4. The van der Waals surface area contributed by atoms with Gasteiger partial charge in [0.2, 0.25) is 0 Å². The topological polar surface area (TPSA) is 63.8 Å². The monoisotopic (exact) mass is 220 g/mol. The van der Waals surface area contributed by atoms with Crippen LogP contribution in [0.1, 0.15) is 0 Å². The van der Waals surface area contributed by atoms with Crippen molar-refractivity contribution in [3.05, 3.63) is 41.8 Å². The molecule has 0 atom stereocenters. The zero-order chi connectivity index (χ0) is 10.7. The van der Waals surface area contributed by atoms with Crippen LogP contribution in [0.15, 0.2) is 36.7 Å². The van der Waals surface area contributed by atoms with E-state index in [1.807, 2.05) is 24.3 Å². The van der Waals surface area contributed by atoms with Gasteiger partial charge in [-0.05, 0) is 24.3 Å². The predicted octanol–water partition coefficient (Wildman–Crippen LogP) is 2.46. The maximum atomic E-state index is 5.73. The molecule has 5 heteroatoms. The highest BCUT2D eigenvalue weighted by Gasteiger charge is 1.97. The molecule has 15 heavy (non-hydrogen) atoms. The van der Waals surface area contributed by atoms with Crippen LogP contribution in [0, 0.1) is 0 Å². The van der Waals surface area contributed by atoms with Gasteiger partial charge in [0.15, 0.2) is 0 Å². The summed E-state index contributed by atoms with van der Waals surface area (Å²) in [6.45, 7) is 0. The first-order chi connectivity index (χ1) is 7.24. The number of nitrogen functional groups attached to an aromatic ring is 1. The van der Waals surface area contributed by atoms with Gasteiger partial charge in [-0.15, -0.1) is 0 Å². The molecule has 1 heterocycles. The zero-order valence-electron chi connectivity index (χ0n) is 7.81. The SMILES string of the molecule is Nc1ccc(Nc2cc(Cl)ncn2)cc1. The van der Waals surface area contributed by atoms with E-state index < -0.39 is 0 Å². The van der Waals surface area contributed by atoms with Gasteiger partial charge < -0.3 is 11.1 Å². The van der Waals surface area contributed by atoms with E-state index in [0.29, 0.717) is 11.0 Å². The Morgan fingerprint density at radius 1 is 1.13 bits per heavy atom. The Bertz CT molecular complexity index is 455. The molecule has 1 aromatic carbocycles. The molecule has 0 fully saturated rings. The Hall–Kier alpha value is -1.81. The lowest BCUT2D eigenvalue weighted by Gasteiger charge is -2.05. The minimum Gasteiger partial charge on any atom is -0.399 e. The summed E-state index contributed by atoms with van der Waals surface area (Å²) in [6.07, 6.45) is 1.40. The highest BCUT2D eigenvalue weighted by Crippen LogP contribution is 2.17. The molecule has 1 aromatic heterocycles. The van der Waals surface area contributed by atoms with Gasteiger partial charge in [-0.1, -0.05) is 11.6 Å². The average molecular weight is 221 g/mol. The Kier molecular flexibility index (Phi) is 2.69. The first-order valence-electron chi connectivity index (χ1n) is 4.34. The van der Waals surface area contributed by atoms with E-state index in [1.54, 1.807) is 6.07 Å². The van der Waals surface area contributed by atoms with Crippen molar-refractivity contribution in [3.63, 3.8) is 0 Å². The fraction of sp³-hybridized carbons (Fsp3) is 0. The average Bonchev–Trinajstić information content (AvgIpc) is 2.22. The van der Waals surface area contributed by atoms with E-state index in [2.05, 4.69) is 15.3 Å². The van der Waals surface area contributed by atoms with Crippen molar-refractivity contribution in [2.45, 2.75) is 0 Å². The van der Waals surface area contributed by atoms with Crippen LogP contribution in [-0.2, 0) is 0 Å². The summed E-state index contributed by atoms with van der Waals surface area (Å²) >= 11 is 5.73. The van der Waals surface area contributed by atoms with Crippen LogP contribution in [-0.4, -0.2) is 9.97 Å². The lowest BCUT2D eigenvalue weighted by molar-refractivity contribution is 1.17. The number of anilines is 3. The second-order valence-electron chi connectivity index (χ2n) is 2.97. The molecule has 0 aliphatic rings. The van der Waals surface area contributed by atoms with Crippen LogP contribution in [0.5, 0.6) is 0 Å². The molecular weight excluding hydrogens is 212 g/mol. The minimum absolute atomic E-state index is 0.406. The molecule has 4 nitrogen and oxygen atoms in total. The van der Waals surface area contributed by atoms with Crippen LogP contribution in [0.3, 0.4) is 0 Å². The molecule has 3 N–H and O–H groups in total. The van der Waals surface area contributed by atoms with Crippen LogP contribution >= 0.6 is 11.6 Å². The van der Waals surface area contributed by atoms with Crippen molar-refractivity contribution in [2.75, 3.05) is 11.1 Å². The highest BCUT2D eigenvalue weighted by molar-refractivity contribution is 6.29. The third-order valence-electron chi connectivity index (χ3n) is 1.82. The third kappa shape index (κ3) is 2.57. The van der Waals surface area contributed by atoms with E-state index in [1.165, 1.54) is 6.33 Å². The molecule has 0 saturated carbocycles. The largest absolute Gasteiger partial charge is 0.399 e. The smallest absolute Gasteiger partial charge is 0.135 e. The van der Waals surface area contributed by atoms with Crippen LogP contribution in [0.2, 0.25) is 5.15 Å². The maximum absolute atomic E-state index is 5.73. The van der Waals surface area contributed by atoms with Gasteiger partial charge in [0.1, 0.15) is 17.3 Å². The zero-order valence-corrected chi connectivity index (χ0v) is 8.57. The lowest BCUT2D eigenvalue weighted by Crippen LogP contribution is -1.94. The standard InChI is InChI=1S/C10H9ClN4/c11-9-5-10(14-6-13-9)15-8-3-1-7(12)2-4-8/h1-6H,12H2,(H,13,14,15). The van der Waals surface area contributed by atoms with Crippen LogP contribution < -0.4 is 11.1 Å². The maximum Gasteiger partial charge on any atom is 0.135 e. The summed E-state index contributed by atoms with van der Waals surface area (Å²) in [5.74, 6) is 0.653. The number of hydrogen-bond donors (Lipinski definition) is 2. The van der Waals surface area contributed by atoms with E-state index in [9.17, 15) is 0 Å². The number of hydrogen-bond acceptors (Lipinski definition) is 4. The first kappa shape index (κ1) is 9.73. The number of rotatable bonds is 2. The Morgan fingerprint density at radius 2 is 1.87 bits per heavy atom. The van der Waals surface area contributed by atoms with Crippen LogP contribution in [0.25, 0.3) is 0 Å². The minimum atomic E-state index is 0.406. The first-order valence-corrected chi connectivity index (χ1v) is 4.72. The fourth-order valence-corrected chi connectivity index (χ4v) is 1.26. The van der Waals surface area contributed by atoms with Crippen molar-refractivity contribution in [1.29, 1.82) is 0 Å². The number of aromatic nitrogens is 2. The molecule has 0 spiro atoms. The van der Waals surface area contributed by atoms with Gasteiger partial charge in [0.25, 0.3) is 0 Å². The van der Waals surface area contributed by atoms with E-state index >= 15 is 0 Å². The summed E-state index contributed by atoms with van der Waals surface area (Å²) in [5.41, 5.74) is 7.19. The van der Waals surface area contributed by atoms with Gasteiger partial charge in [-0.3, -0.25) is 0 Å². The molecule has 0 bridgehead atoms. The molecule has 0 aliphatic heterocycles. The summed E-state index contributed by atoms with van der Waals surface area (Å²) in [6, 6.07) is 9.00. The second kappa shape index (κ2) is 4.14. The predicted molar refractivity (Wildman–Crippen MR) is 61.2 cm³/mol. The van der Waals surface area contributed by atoms with Crippen LogP contribution in [0.4, 0.5) is 17.2 Å². The van der Waals surface area contributed by atoms with Crippen molar-refractivity contribution < 1.29 is 0 Å². The Balaban J connectivity index is 2.18. The van der Waals surface area contributed by atoms with Gasteiger partial charge in [-0.2, -0.15) is 0 Å². The number of nitrogens with two attached hydrogens (primary N) is 1. The molecule has 0 saturated heterocycles. The molecule has 2 rings (SSSR count). The quantitative estimate of drug-likeness (QED) is 0.603. The molecule has 0 radical (unpaired) electrons. The summed E-state index contributed by atoms with van der Waals surface area (Å²) in [5, 5.41) is 3.49. The fourth-order valence-electron chi connectivity index (χ4n) is 1.12. The lowest BCUT2D eigenvalue weighted by atomic mass is 10.3. The molecule has 0 unspecified atom stereocenters. The second-order valence-corrected chi connectivity index (χ2v) is 3.36. The Labute approximate surface area is 92.1 Å². The van der Waals surface area contributed by atoms with Gasteiger partial charge in [0, 0.05) is 17.4 Å². The van der Waals surface area contributed by atoms with E-state index in [4.69, 9.17) is 17.3 Å². The summed E-state index contributed by atoms with van der Waals surface area (Å²) in [7, 11) is 0. The summed E-state index contributed by atoms with van der Waals surface area (Å²) in [4.78, 5) is 7.81. The number of halogens is 1. The number of nitrogens with one attached hydrogen (secondary N) is 1. The van der Waals surface area contributed by atoms with Crippen molar-refractivity contribution in [1.82, 2.24) is 9.97 Å². The van der Waals surface area contributed by atoms with Gasteiger partial charge in [-0.25, -0.2) is 9.97 Å². The van der Waals surface area contributed by atoms with Crippen molar-refractivity contribution >= 4 is 28.8 Å². The Morgan fingerprint density at radius 3 is 2.53 bits per heavy atom. The molecule has 0 amide bonds. The van der Waals surface area contributed by atoms with Crippen molar-refractivity contribution in [3.8, 4) is 0 Å². The normalized spacial score (nSPS) is 9.93. The molecule has 76 valence electrons. The third-order valence-corrected chi connectivity index (χ3v) is 2.02. The number of nitrogens with zero attached hydrogens (tertiary/aromatic N) is 2. The molecule has 2 aromatic rings.